The van der Waals surface area contributed by atoms with Gasteiger partial charge >= 0.3 is 5.97 Å². The fraction of sp³-hybridized carbons (Fsp3) is 0.545. The maximum Gasteiger partial charge on any atom is 0.332 e. The van der Waals surface area contributed by atoms with Gasteiger partial charge in [-0.1, -0.05) is 6.92 Å². The monoisotopic (exact) mass is 253 g/mol. The third-order valence-electron chi connectivity index (χ3n) is 2.93. The second-order valence-electron chi connectivity index (χ2n) is 4.14. The minimum Gasteiger partial charge on any atom is -0.479 e. The molecule has 1 aliphatic rings. The summed E-state index contributed by atoms with van der Waals surface area (Å²) in [5.74, 6) is -0.816. The molecule has 0 spiro atoms. The predicted molar refractivity (Wildman–Crippen MR) is 62.1 cm³/mol. The van der Waals surface area contributed by atoms with Gasteiger partial charge in [0.25, 0.3) is 5.91 Å². The molecule has 1 aromatic heterocycles. The highest BCUT2D eigenvalue weighted by Crippen LogP contribution is 2.21. The number of aromatic nitrogens is 2. The second-order valence-corrected chi connectivity index (χ2v) is 4.14. The summed E-state index contributed by atoms with van der Waals surface area (Å²) < 4.78 is 5.16. The molecular weight excluding hydrogens is 238 g/mol. The quantitative estimate of drug-likeness (QED) is 0.726. The van der Waals surface area contributed by atoms with E-state index in [4.69, 9.17) is 9.84 Å². The predicted octanol–water partition coefficient (Wildman–Crippen LogP) is 0.543. The van der Waals surface area contributed by atoms with Crippen molar-refractivity contribution in [3.8, 4) is 0 Å². The van der Waals surface area contributed by atoms with Crippen LogP contribution in [0.3, 0.4) is 0 Å². The van der Waals surface area contributed by atoms with Crippen molar-refractivity contribution in [2.45, 2.75) is 38.4 Å². The number of nitrogens with one attached hydrogen (secondary N) is 2. The van der Waals surface area contributed by atoms with E-state index in [1.165, 1.54) is 0 Å². The Morgan fingerprint density at radius 2 is 2.28 bits per heavy atom. The third-order valence-corrected chi connectivity index (χ3v) is 2.93. The lowest BCUT2D eigenvalue weighted by molar-refractivity contribution is -0.150. The summed E-state index contributed by atoms with van der Waals surface area (Å²) in [6, 6.07) is 0. The van der Waals surface area contributed by atoms with Gasteiger partial charge in [0, 0.05) is 5.56 Å². The molecule has 0 aromatic carbocycles. The third kappa shape index (κ3) is 2.51. The zero-order valence-electron chi connectivity index (χ0n) is 9.97. The Labute approximate surface area is 104 Å². The fourth-order valence-corrected chi connectivity index (χ4v) is 1.90. The van der Waals surface area contributed by atoms with Crippen LogP contribution in [0, 0.1) is 0 Å². The number of anilines is 1. The highest BCUT2D eigenvalue weighted by atomic mass is 16.5. The van der Waals surface area contributed by atoms with E-state index >= 15 is 0 Å². The lowest BCUT2D eigenvalue weighted by Crippen LogP contribution is -2.30. The number of nitrogens with zero attached hydrogens (tertiary/aromatic N) is 1. The van der Waals surface area contributed by atoms with Gasteiger partial charge in [-0.05, 0) is 19.3 Å². The lowest BCUT2D eigenvalue weighted by atomic mass is 10.2. The van der Waals surface area contributed by atoms with Crippen LogP contribution in [0.25, 0.3) is 0 Å². The van der Waals surface area contributed by atoms with Gasteiger partial charge in [0.2, 0.25) is 0 Å². The van der Waals surface area contributed by atoms with Gasteiger partial charge in [-0.2, -0.15) is 5.10 Å². The number of carboxylic acid groups (broad SMARTS) is 1. The van der Waals surface area contributed by atoms with Gasteiger partial charge in [-0.3, -0.25) is 9.89 Å². The molecule has 2 heterocycles. The van der Waals surface area contributed by atoms with Crippen LogP contribution in [-0.4, -0.2) is 39.4 Å². The van der Waals surface area contributed by atoms with Gasteiger partial charge in [-0.15, -0.1) is 0 Å². The topological polar surface area (TPSA) is 104 Å². The Morgan fingerprint density at radius 3 is 2.89 bits per heavy atom. The molecule has 1 fully saturated rings. The van der Waals surface area contributed by atoms with Crippen LogP contribution < -0.4 is 5.32 Å². The SMILES string of the molecule is CCc1cn[nH]c1NC(=O)[C@@H]1CC[C@H](C(=O)O)O1. The van der Waals surface area contributed by atoms with Crippen LogP contribution in [0.5, 0.6) is 0 Å². The van der Waals surface area contributed by atoms with Crippen molar-refractivity contribution in [1.29, 1.82) is 0 Å². The van der Waals surface area contributed by atoms with Gasteiger partial charge in [0.15, 0.2) is 6.10 Å². The summed E-state index contributed by atoms with van der Waals surface area (Å²) in [7, 11) is 0. The molecule has 0 unspecified atom stereocenters. The molecule has 1 aromatic rings. The Morgan fingerprint density at radius 1 is 1.56 bits per heavy atom. The van der Waals surface area contributed by atoms with Gasteiger partial charge < -0.3 is 15.2 Å². The number of rotatable bonds is 4. The molecule has 0 aliphatic carbocycles. The zero-order valence-corrected chi connectivity index (χ0v) is 9.97. The molecule has 98 valence electrons. The van der Waals surface area contributed by atoms with Gasteiger partial charge in [0.05, 0.1) is 6.20 Å². The number of carbonyl (C=O) groups excluding carboxylic acids is 1. The largest absolute Gasteiger partial charge is 0.479 e. The van der Waals surface area contributed by atoms with E-state index in [0.29, 0.717) is 18.7 Å². The number of carbonyl (C=O) groups is 2. The number of carboxylic acids is 1. The van der Waals surface area contributed by atoms with E-state index in [1.807, 2.05) is 6.92 Å². The molecule has 7 heteroatoms. The Hall–Kier alpha value is -1.89. The molecule has 0 saturated carbocycles. The molecular formula is C11H15N3O4. The maximum atomic E-state index is 11.9. The van der Waals surface area contributed by atoms with Crippen molar-refractivity contribution in [3.63, 3.8) is 0 Å². The average Bonchev–Trinajstić information content (AvgIpc) is 2.96. The Bertz CT molecular complexity index is 457. The molecule has 0 bridgehead atoms. The standard InChI is InChI=1S/C11H15N3O4/c1-2-6-5-12-14-9(6)13-10(15)7-3-4-8(18-7)11(16)17/h5,7-8H,2-4H2,1H3,(H,16,17)(H2,12,13,14,15)/t7-,8+/m0/s1. The van der Waals surface area contributed by atoms with E-state index in [2.05, 4.69) is 15.5 Å². The molecule has 7 nitrogen and oxygen atoms in total. The van der Waals surface area contributed by atoms with Crippen LogP contribution in [-0.2, 0) is 20.7 Å². The number of aryl methyl sites for hydroxylation is 1. The Balaban J connectivity index is 1.95. The summed E-state index contributed by atoms with van der Waals surface area (Å²) in [6.07, 6.45) is 1.57. The number of H-pyrrole nitrogens is 1. The van der Waals surface area contributed by atoms with Crippen LogP contribution in [0.2, 0.25) is 0 Å². The van der Waals surface area contributed by atoms with E-state index in [0.717, 1.165) is 12.0 Å². The summed E-state index contributed by atoms with van der Waals surface area (Å²) in [5, 5.41) is 18.0. The average molecular weight is 253 g/mol. The summed E-state index contributed by atoms with van der Waals surface area (Å²) in [5.41, 5.74) is 0.899. The molecule has 1 amide bonds. The van der Waals surface area contributed by atoms with Crippen molar-refractivity contribution >= 4 is 17.7 Å². The van der Waals surface area contributed by atoms with Gasteiger partial charge in [-0.25, -0.2) is 4.79 Å². The number of hydrogen-bond donors (Lipinski definition) is 3. The molecule has 2 atom stereocenters. The molecule has 0 radical (unpaired) electrons. The van der Waals surface area contributed by atoms with Crippen LogP contribution in [0.1, 0.15) is 25.3 Å². The zero-order chi connectivity index (χ0) is 13.1. The molecule has 18 heavy (non-hydrogen) atoms. The summed E-state index contributed by atoms with van der Waals surface area (Å²) in [4.78, 5) is 22.6. The maximum absolute atomic E-state index is 11.9. The van der Waals surface area contributed by atoms with Crippen LogP contribution >= 0.6 is 0 Å². The van der Waals surface area contributed by atoms with Crippen molar-refractivity contribution in [3.05, 3.63) is 11.8 Å². The first-order valence-corrected chi connectivity index (χ1v) is 5.83. The molecule has 3 N–H and O–H groups in total. The highest BCUT2D eigenvalue weighted by molar-refractivity contribution is 5.94. The lowest BCUT2D eigenvalue weighted by Gasteiger charge is -2.11. The minimum atomic E-state index is -1.03. The first kappa shape index (κ1) is 12.6. The minimum absolute atomic E-state index is 0.335. The normalized spacial score (nSPS) is 22.9. The van der Waals surface area contributed by atoms with E-state index in [-0.39, 0.29) is 5.91 Å². The first-order valence-electron chi connectivity index (χ1n) is 5.83. The number of aliphatic carboxylic acids is 1. The number of hydrogen-bond acceptors (Lipinski definition) is 4. The number of amides is 1. The highest BCUT2D eigenvalue weighted by Gasteiger charge is 2.34. The first-order chi connectivity index (χ1) is 8.61. The summed E-state index contributed by atoms with van der Waals surface area (Å²) in [6.45, 7) is 1.95. The molecule has 1 aliphatic heterocycles. The van der Waals surface area contributed by atoms with Crippen LogP contribution in [0.15, 0.2) is 6.20 Å². The van der Waals surface area contributed by atoms with E-state index in [9.17, 15) is 9.59 Å². The number of ether oxygens (including phenoxy) is 1. The number of aromatic amines is 1. The fourth-order valence-electron chi connectivity index (χ4n) is 1.90. The Kier molecular flexibility index (Phi) is 3.61. The molecule has 2 rings (SSSR count). The molecule has 1 saturated heterocycles. The second kappa shape index (κ2) is 5.18. The summed E-state index contributed by atoms with van der Waals surface area (Å²) >= 11 is 0. The van der Waals surface area contributed by atoms with Crippen molar-refractivity contribution in [2.24, 2.45) is 0 Å². The van der Waals surface area contributed by atoms with E-state index < -0.39 is 18.2 Å². The van der Waals surface area contributed by atoms with Crippen molar-refractivity contribution < 1.29 is 19.4 Å². The van der Waals surface area contributed by atoms with E-state index in [1.54, 1.807) is 6.20 Å². The van der Waals surface area contributed by atoms with Gasteiger partial charge in [0.1, 0.15) is 11.9 Å². The van der Waals surface area contributed by atoms with Crippen molar-refractivity contribution in [2.75, 3.05) is 5.32 Å². The smallest absolute Gasteiger partial charge is 0.332 e. The van der Waals surface area contributed by atoms with Crippen molar-refractivity contribution in [1.82, 2.24) is 10.2 Å². The van der Waals surface area contributed by atoms with Crippen LogP contribution in [0.4, 0.5) is 5.82 Å².